The first kappa shape index (κ1) is 18.8. The lowest BCUT2D eigenvalue weighted by molar-refractivity contribution is 0.196. The second kappa shape index (κ2) is 8.13. The highest BCUT2D eigenvalue weighted by Gasteiger charge is 2.43. The maximum atomic E-state index is 6.45. The normalized spacial score (nSPS) is 27.4. The van der Waals surface area contributed by atoms with Crippen LogP contribution in [-0.4, -0.2) is 22.9 Å². The molecular formula is C22H28ClN3. The van der Waals surface area contributed by atoms with Crippen molar-refractivity contribution < 1.29 is 0 Å². The first-order valence-electron chi connectivity index (χ1n) is 9.44. The highest BCUT2D eigenvalue weighted by molar-refractivity contribution is 5.85. The Kier molecular flexibility index (Phi) is 5.87. The van der Waals surface area contributed by atoms with E-state index in [1.807, 2.05) is 0 Å². The van der Waals surface area contributed by atoms with Crippen LogP contribution in [0.3, 0.4) is 0 Å². The summed E-state index contributed by atoms with van der Waals surface area (Å²) in [6, 6.07) is 22.6. The van der Waals surface area contributed by atoms with Gasteiger partial charge in [0.15, 0.2) is 5.96 Å². The van der Waals surface area contributed by atoms with Crippen molar-refractivity contribution in [2.75, 3.05) is 0 Å². The molecule has 2 N–H and O–H groups in total. The van der Waals surface area contributed by atoms with Crippen LogP contribution in [-0.2, 0) is 6.42 Å². The molecule has 0 bridgehead atoms. The molecular weight excluding hydrogens is 342 g/mol. The second-order valence-electron chi connectivity index (χ2n) is 7.43. The minimum atomic E-state index is 0. The average Bonchev–Trinajstić information content (AvgIpc) is 3.09. The summed E-state index contributed by atoms with van der Waals surface area (Å²) in [6.45, 7) is 2.34. The number of benzene rings is 2. The van der Waals surface area contributed by atoms with Gasteiger partial charge >= 0.3 is 0 Å². The van der Waals surface area contributed by atoms with Crippen molar-refractivity contribution in [3.8, 4) is 0 Å². The van der Waals surface area contributed by atoms with Gasteiger partial charge < -0.3 is 10.6 Å². The van der Waals surface area contributed by atoms with E-state index in [1.165, 1.54) is 24.0 Å². The Morgan fingerprint density at radius 2 is 1.65 bits per heavy atom. The van der Waals surface area contributed by atoms with Crippen molar-refractivity contribution in [1.29, 1.82) is 0 Å². The lowest BCUT2D eigenvalue weighted by atomic mass is 9.86. The number of fused-ring (bicyclic) bond motifs is 1. The quantitative estimate of drug-likeness (QED) is 0.856. The molecule has 0 saturated carbocycles. The summed E-state index contributed by atoms with van der Waals surface area (Å²) in [5, 5.41) is 0. The molecule has 2 aliphatic rings. The molecule has 2 aliphatic heterocycles. The van der Waals surface area contributed by atoms with Gasteiger partial charge in [-0.25, -0.2) is 4.99 Å². The zero-order valence-electron chi connectivity index (χ0n) is 15.3. The van der Waals surface area contributed by atoms with Gasteiger partial charge in [0.2, 0.25) is 0 Å². The number of guanidine groups is 1. The fraction of sp³-hybridized carbons (Fsp3) is 0.409. The minimum Gasteiger partial charge on any atom is -0.370 e. The van der Waals surface area contributed by atoms with Crippen molar-refractivity contribution >= 4 is 18.4 Å². The van der Waals surface area contributed by atoms with Crippen LogP contribution in [0, 0.1) is 5.92 Å². The third-order valence-electron chi connectivity index (χ3n) is 5.94. The van der Waals surface area contributed by atoms with E-state index in [-0.39, 0.29) is 18.4 Å². The largest absolute Gasteiger partial charge is 0.370 e. The zero-order valence-corrected chi connectivity index (χ0v) is 16.1. The summed E-state index contributed by atoms with van der Waals surface area (Å²) < 4.78 is 0. The highest BCUT2D eigenvalue weighted by atomic mass is 35.5. The molecule has 2 aromatic carbocycles. The number of halogens is 1. The monoisotopic (exact) mass is 369 g/mol. The first-order valence-corrected chi connectivity index (χ1v) is 9.44. The van der Waals surface area contributed by atoms with Crippen molar-refractivity contribution in [3.05, 3.63) is 71.8 Å². The van der Waals surface area contributed by atoms with E-state index < -0.39 is 0 Å². The molecule has 0 spiro atoms. The van der Waals surface area contributed by atoms with Crippen molar-refractivity contribution in [2.24, 2.45) is 16.6 Å². The average molecular weight is 370 g/mol. The molecule has 1 fully saturated rings. The number of rotatable bonds is 4. The van der Waals surface area contributed by atoms with Crippen LogP contribution in [0.2, 0.25) is 0 Å². The van der Waals surface area contributed by atoms with Gasteiger partial charge in [0.25, 0.3) is 0 Å². The van der Waals surface area contributed by atoms with Crippen molar-refractivity contribution in [1.82, 2.24) is 4.90 Å². The fourth-order valence-electron chi connectivity index (χ4n) is 4.61. The van der Waals surface area contributed by atoms with Crippen LogP contribution in [0.5, 0.6) is 0 Å². The molecule has 2 heterocycles. The molecule has 4 rings (SSSR count). The highest BCUT2D eigenvalue weighted by Crippen LogP contribution is 2.41. The predicted molar refractivity (Wildman–Crippen MR) is 111 cm³/mol. The summed E-state index contributed by atoms with van der Waals surface area (Å²) >= 11 is 0. The molecule has 0 aromatic heterocycles. The van der Waals surface area contributed by atoms with Crippen LogP contribution in [0.4, 0.5) is 0 Å². The molecule has 1 saturated heterocycles. The molecule has 0 aliphatic carbocycles. The van der Waals surface area contributed by atoms with E-state index in [0.717, 1.165) is 18.8 Å². The number of hydrogen-bond acceptors (Lipinski definition) is 3. The SMILES string of the molecule is C[C@@H]1[C@H]2CC[C@H](CCc3ccccc3)N2C(N)=N[C@H]1c1ccccc1.Cl. The Hall–Kier alpha value is -2.00. The molecule has 0 unspecified atom stereocenters. The molecule has 0 amide bonds. The number of aliphatic imine (C=N–C) groups is 1. The molecule has 3 nitrogen and oxygen atoms in total. The second-order valence-corrected chi connectivity index (χ2v) is 7.43. The van der Waals surface area contributed by atoms with Crippen molar-refractivity contribution in [3.63, 3.8) is 0 Å². The van der Waals surface area contributed by atoms with Gasteiger partial charge in [0, 0.05) is 18.0 Å². The van der Waals surface area contributed by atoms with Crippen LogP contribution in [0.25, 0.3) is 0 Å². The molecule has 4 atom stereocenters. The Morgan fingerprint density at radius 1 is 1.00 bits per heavy atom. The maximum Gasteiger partial charge on any atom is 0.192 e. The lowest BCUT2D eigenvalue weighted by Crippen LogP contribution is -2.52. The lowest BCUT2D eigenvalue weighted by Gasteiger charge is -2.41. The van der Waals surface area contributed by atoms with Crippen molar-refractivity contribution in [2.45, 2.75) is 50.7 Å². The first-order chi connectivity index (χ1) is 12.2. The van der Waals surface area contributed by atoms with Gasteiger partial charge in [-0.2, -0.15) is 0 Å². The zero-order chi connectivity index (χ0) is 17.2. The molecule has 26 heavy (non-hydrogen) atoms. The van der Waals surface area contributed by atoms with E-state index in [4.69, 9.17) is 10.7 Å². The Bertz CT molecular complexity index is 732. The summed E-state index contributed by atoms with van der Waals surface area (Å²) in [5.41, 5.74) is 9.14. The summed E-state index contributed by atoms with van der Waals surface area (Å²) in [4.78, 5) is 7.33. The van der Waals surface area contributed by atoms with Crippen LogP contribution in [0.1, 0.15) is 43.4 Å². The van der Waals surface area contributed by atoms with Crippen LogP contribution >= 0.6 is 12.4 Å². The third-order valence-corrected chi connectivity index (χ3v) is 5.94. The molecule has 138 valence electrons. The van der Waals surface area contributed by atoms with Crippen LogP contribution < -0.4 is 5.73 Å². The number of aryl methyl sites for hydroxylation is 1. The summed E-state index contributed by atoms with van der Waals surface area (Å²) in [6.07, 6.45) is 4.71. The predicted octanol–water partition coefficient (Wildman–Crippen LogP) is 4.58. The summed E-state index contributed by atoms with van der Waals surface area (Å²) in [7, 11) is 0. The Labute approximate surface area is 162 Å². The number of nitrogens with two attached hydrogens (primary N) is 1. The summed E-state index contributed by atoms with van der Waals surface area (Å²) in [5.74, 6) is 1.24. The topological polar surface area (TPSA) is 41.6 Å². The fourth-order valence-corrected chi connectivity index (χ4v) is 4.61. The molecule has 0 radical (unpaired) electrons. The van der Waals surface area contributed by atoms with Gasteiger partial charge in [-0.15, -0.1) is 12.4 Å². The minimum absolute atomic E-state index is 0. The van der Waals surface area contributed by atoms with Gasteiger partial charge in [-0.05, 0) is 36.8 Å². The maximum absolute atomic E-state index is 6.45. The van der Waals surface area contributed by atoms with Gasteiger partial charge in [0.05, 0.1) is 6.04 Å². The van der Waals surface area contributed by atoms with E-state index in [2.05, 4.69) is 72.5 Å². The third kappa shape index (κ3) is 3.59. The molecule has 2 aromatic rings. The molecule has 4 heteroatoms. The van der Waals surface area contributed by atoms with Gasteiger partial charge in [-0.3, -0.25) is 0 Å². The van der Waals surface area contributed by atoms with Gasteiger partial charge in [-0.1, -0.05) is 67.6 Å². The number of nitrogens with zero attached hydrogens (tertiary/aromatic N) is 2. The Morgan fingerprint density at radius 3 is 2.35 bits per heavy atom. The number of hydrogen-bond donors (Lipinski definition) is 1. The van der Waals surface area contributed by atoms with E-state index in [1.54, 1.807) is 0 Å². The Balaban J connectivity index is 0.00000196. The standard InChI is InChI=1S/C22H27N3.ClH/c1-16-20-15-14-19(13-12-17-8-4-2-5-9-17)25(20)22(23)24-21(16)18-10-6-3-7-11-18;/h2-11,16,19-21H,12-15H2,1H3,(H2,23,24);1H/t16-,19+,20-,21-;/m1./s1. The van der Waals surface area contributed by atoms with Crippen LogP contribution in [0.15, 0.2) is 65.7 Å². The van der Waals surface area contributed by atoms with Gasteiger partial charge in [0.1, 0.15) is 0 Å². The van der Waals surface area contributed by atoms with E-state index in [0.29, 0.717) is 18.0 Å². The van der Waals surface area contributed by atoms with E-state index >= 15 is 0 Å². The smallest absolute Gasteiger partial charge is 0.192 e. The van der Waals surface area contributed by atoms with E-state index in [9.17, 15) is 0 Å².